The lowest BCUT2D eigenvalue weighted by molar-refractivity contribution is 1.14. The van der Waals surface area contributed by atoms with Crippen molar-refractivity contribution in [1.29, 1.82) is 0 Å². The van der Waals surface area contributed by atoms with Crippen LogP contribution in [0.1, 0.15) is 12.5 Å². The Balaban J connectivity index is 1.85. The Morgan fingerprint density at radius 2 is 1.61 bits per heavy atom. The van der Waals surface area contributed by atoms with Crippen molar-refractivity contribution in [3.63, 3.8) is 0 Å². The molecule has 0 atom stereocenters. The molecule has 0 aliphatic heterocycles. The lowest BCUT2D eigenvalue weighted by Gasteiger charge is -2.06. The van der Waals surface area contributed by atoms with Crippen molar-refractivity contribution in [2.45, 2.75) is 6.92 Å². The molecule has 5 heteroatoms. The third kappa shape index (κ3) is 3.93. The third-order valence-electron chi connectivity index (χ3n) is 3.26. The maximum Gasteiger partial charge on any atom is 0.163 e. The van der Waals surface area contributed by atoms with Crippen LogP contribution in [0.25, 0.3) is 11.4 Å². The first-order valence-electron chi connectivity index (χ1n) is 7.18. The van der Waals surface area contributed by atoms with Crippen LogP contribution in [0.3, 0.4) is 0 Å². The molecule has 114 valence electrons. The predicted molar refractivity (Wildman–Crippen MR) is 94.8 cm³/mol. The summed E-state index contributed by atoms with van der Waals surface area (Å²) in [6.07, 6.45) is 0. The van der Waals surface area contributed by atoms with Crippen LogP contribution in [0.2, 0.25) is 5.15 Å². The summed E-state index contributed by atoms with van der Waals surface area (Å²) in [7, 11) is 0. The molecule has 1 heterocycles. The van der Waals surface area contributed by atoms with Crippen molar-refractivity contribution in [3.8, 4) is 11.4 Å². The van der Waals surface area contributed by atoms with E-state index in [1.165, 1.54) is 0 Å². The average Bonchev–Trinajstić information content (AvgIpc) is 2.61. The second-order valence-electron chi connectivity index (χ2n) is 4.94. The van der Waals surface area contributed by atoms with Gasteiger partial charge in [0, 0.05) is 11.6 Å². The molecule has 4 nitrogen and oxygen atoms in total. The quantitative estimate of drug-likeness (QED) is 0.433. The highest BCUT2D eigenvalue weighted by Gasteiger charge is 2.05. The van der Waals surface area contributed by atoms with Gasteiger partial charge in [-0.1, -0.05) is 72.3 Å². The van der Waals surface area contributed by atoms with Crippen LogP contribution in [0.4, 0.5) is 5.82 Å². The number of hydrazone groups is 1. The van der Waals surface area contributed by atoms with Gasteiger partial charge in [0.2, 0.25) is 0 Å². The highest BCUT2D eigenvalue weighted by Crippen LogP contribution is 2.20. The lowest BCUT2D eigenvalue weighted by atomic mass is 10.1. The van der Waals surface area contributed by atoms with Crippen LogP contribution in [-0.4, -0.2) is 15.7 Å². The van der Waals surface area contributed by atoms with Gasteiger partial charge >= 0.3 is 0 Å². The lowest BCUT2D eigenvalue weighted by Crippen LogP contribution is -2.02. The van der Waals surface area contributed by atoms with Crippen LogP contribution < -0.4 is 5.43 Å². The number of hydrogen-bond acceptors (Lipinski definition) is 4. The summed E-state index contributed by atoms with van der Waals surface area (Å²) in [5.74, 6) is 1.12. The van der Waals surface area contributed by atoms with Gasteiger partial charge in [0.1, 0.15) is 5.15 Å². The molecule has 1 N–H and O–H groups in total. The summed E-state index contributed by atoms with van der Waals surface area (Å²) in [6.45, 7) is 1.93. The molecule has 0 radical (unpaired) electrons. The van der Waals surface area contributed by atoms with Gasteiger partial charge in [-0.25, -0.2) is 9.97 Å². The molecule has 1 aromatic heterocycles. The molecule has 0 aliphatic rings. The second kappa shape index (κ2) is 7.03. The zero-order valence-electron chi connectivity index (χ0n) is 12.6. The van der Waals surface area contributed by atoms with E-state index in [2.05, 4.69) is 20.5 Å². The summed E-state index contributed by atoms with van der Waals surface area (Å²) < 4.78 is 0. The van der Waals surface area contributed by atoms with Gasteiger partial charge in [0.05, 0.1) is 5.71 Å². The molecule has 0 spiro atoms. The number of nitrogens with one attached hydrogen (secondary N) is 1. The molecule has 0 saturated heterocycles. The minimum absolute atomic E-state index is 0.369. The highest BCUT2D eigenvalue weighted by atomic mass is 35.5. The predicted octanol–water partition coefficient (Wildman–Crippen LogP) is 4.63. The van der Waals surface area contributed by atoms with E-state index in [1.807, 2.05) is 67.6 Å². The smallest absolute Gasteiger partial charge is 0.163 e. The third-order valence-corrected chi connectivity index (χ3v) is 3.45. The molecule has 0 bridgehead atoms. The Morgan fingerprint density at radius 1 is 0.957 bits per heavy atom. The Bertz CT molecular complexity index is 817. The molecule has 0 aliphatic carbocycles. The second-order valence-corrected chi connectivity index (χ2v) is 5.33. The topological polar surface area (TPSA) is 50.2 Å². The number of aromatic nitrogens is 2. The molecule has 0 saturated carbocycles. The van der Waals surface area contributed by atoms with E-state index in [4.69, 9.17) is 11.6 Å². The fraction of sp³-hybridized carbons (Fsp3) is 0.0556. The van der Waals surface area contributed by atoms with Crippen molar-refractivity contribution in [3.05, 3.63) is 77.4 Å². The van der Waals surface area contributed by atoms with Gasteiger partial charge in [0.25, 0.3) is 0 Å². The van der Waals surface area contributed by atoms with E-state index >= 15 is 0 Å². The summed E-state index contributed by atoms with van der Waals surface area (Å²) in [6, 6.07) is 21.3. The van der Waals surface area contributed by atoms with E-state index in [1.54, 1.807) is 6.07 Å². The van der Waals surface area contributed by atoms with Crippen LogP contribution in [0, 0.1) is 0 Å². The number of anilines is 1. The maximum atomic E-state index is 6.09. The first kappa shape index (κ1) is 15.2. The van der Waals surface area contributed by atoms with Gasteiger partial charge in [-0.3, -0.25) is 5.43 Å². The zero-order chi connectivity index (χ0) is 16.1. The molecule has 0 unspecified atom stereocenters. The molecule has 2 aromatic carbocycles. The van der Waals surface area contributed by atoms with Gasteiger partial charge in [-0.15, -0.1) is 0 Å². The molecule has 3 rings (SSSR count). The average molecular weight is 323 g/mol. The van der Waals surface area contributed by atoms with E-state index in [-0.39, 0.29) is 0 Å². The number of halogens is 1. The van der Waals surface area contributed by atoms with Crippen molar-refractivity contribution in [2.24, 2.45) is 5.10 Å². The molecular weight excluding hydrogens is 308 g/mol. The first-order valence-corrected chi connectivity index (χ1v) is 7.56. The summed E-state index contributed by atoms with van der Waals surface area (Å²) in [5, 5.41) is 4.73. The molecule has 0 amide bonds. The van der Waals surface area contributed by atoms with E-state index in [0.29, 0.717) is 16.8 Å². The number of benzene rings is 2. The van der Waals surface area contributed by atoms with Crippen molar-refractivity contribution in [1.82, 2.24) is 9.97 Å². The van der Waals surface area contributed by atoms with Crippen molar-refractivity contribution < 1.29 is 0 Å². The number of hydrogen-bond donors (Lipinski definition) is 1. The Morgan fingerprint density at radius 3 is 2.30 bits per heavy atom. The molecule has 23 heavy (non-hydrogen) atoms. The highest BCUT2D eigenvalue weighted by molar-refractivity contribution is 6.29. The molecular formula is C18H15ClN4. The van der Waals surface area contributed by atoms with Gasteiger partial charge < -0.3 is 0 Å². The SMILES string of the molecule is C/C(=N/Nc1cc(Cl)nc(-c2ccccc2)n1)c1ccccc1. The molecule has 3 aromatic rings. The Kier molecular flexibility index (Phi) is 4.64. The standard InChI is InChI=1S/C18H15ClN4/c1-13(14-8-4-2-5-9-14)22-23-17-12-16(19)20-18(21-17)15-10-6-3-7-11-15/h2-12H,1H3,(H,20,21,23)/b22-13-. The summed E-state index contributed by atoms with van der Waals surface area (Å²) in [5.41, 5.74) is 5.76. The van der Waals surface area contributed by atoms with Crippen LogP contribution >= 0.6 is 11.6 Å². The van der Waals surface area contributed by atoms with Crippen LogP contribution in [0.5, 0.6) is 0 Å². The Labute approximate surface area is 139 Å². The van der Waals surface area contributed by atoms with Crippen LogP contribution in [-0.2, 0) is 0 Å². The normalized spacial score (nSPS) is 11.3. The summed E-state index contributed by atoms with van der Waals surface area (Å²) >= 11 is 6.09. The first-order chi connectivity index (χ1) is 11.2. The molecule has 0 fully saturated rings. The Hall–Kier alpha value is -2.72. The van der Waals surface area contributed by atoms with Crippen molar-refractivity contribution in [2.75, 3.05) is 5.43 Å². The maximum absolute atomic E-state index is 6.09. The van der Waals surface area contributed by atoms with Crippen LogP contribution in [0.15, 0.2) is 71.8 Å². The number of nitrogens with zero attached hydrogens (tertiary/aromatic N) is 3. The van der Waals surface area contributed by atoms with Gasteiger partial charge in [-0.2, -0.15) is 5.10 Å². The fourth-order valence-electron chi connectivity index (χ4n) is 2.08. The number of rotatable bonds is 4. The van der Waals surface area contributed by atoms with Crippen molar-refractivity contribution >= 4 is 23.1 Å². The minimum Gasteiger partial charge on any atom is -0.261 e. The van der Waals surface area contributed by atoms with Gasteiger partial charge in [0.15, 0.2) is 11.6 Å². The van der Waals surface area contributed by atoms with Gasteiger partial charge in [-0.05, 0) is 12.5 Å². The largest absolute Gasteiger partial charge is 0.261 e. The fourth-order valence-corrected chi connectivity index (χ4v) is 2.26. The zero-order valence-corrected chi connectivity index (χ0v) is 13.3. The minimum atomic E-state index is 0.369. The summed E-state index contributed by atoms with van der Waals surface area (Å²) in [4.78, 5) is 8.71. The monoisotopic (exact) mass is 322 g/mol. The van der Waals surface area contributed by atoms with E-state index in [9.17, 15) is 0 Å². The van der Waals surface area contributed by atoms with E-state index in [0.717, 1.165) is 16.8 Å². The van der Waals surface area contributed by atoms with E-state index < -0.39 is 0 Å².